The molecular formula is C14H16N2O2. The van der Waals surface area contributed by atoms with Crippen LogP contribution in [0.5, 0.6) is 0 Å². The van der Waals surface area contributed by atoms with E-state index in [1.807, 2.05) is 31.2 Å². The van der Waals surface area contributed by atoms with Gasteiger partial charge in [0.25, 0.3) is 5.91 Å². The zero-order valence-corrected chi connectivity index (χ0v) is 10.4. The largest absolute Gasteiger partial charge is 0.472 e. The van der Waals surface area contributed by atoms with Crippen LogP contribution in [0.15, 0.2) is 47.3 Å². The summed E-state index contributed by atoms with van der Waals surface area (Å²) in [5, 5.41) is 5.93. The zero-order chi connectivity index (χ0) is 13.0. The topological polar surface area (TPSA) is 54.3 Å². The molecule has 0 aliphatic heterocycles. The Labute approximate surface area is 106 Å². The molecule has 1 heterocycles. The Balaban J connectivity index is 2.12. The highest BCUT2D eigenvalue weighted by Crippen LogP contribution is 2.20. The number of hydrogen-bond donors (Lipinski definition) is 2. The third-order valence-electron chi connectivity index (χ3n) is 2.78. The van der Waals surface area contributed by atoms with Crippen molar-refractivity contribution in [1.29, 1.82) is 0 Å². The van der Waals surface area contributed by atoms with Gasteiger partial charge in [0.2, 0.25) is 0 Å². The van der Waals surface area contributed by atoms with Gasteiger partial charge in [0.1, 0.15) is 0 Å². The lowest BCUT2D eigenvalue weighted by Gasteiger charge is -2.14. The van der Waals surface area contributed by atoms with Gasteiger partial charge in [0, 0.05) is 23.9 Å². The molecule has 0 spiro atoms. The van der Waals surface area contributed by atoms with E-state index in [4.69, 9.17) is 4.42 Å². The smallest absolute Gasteiger partial charge is 0.251 e. The summed E-state index contributed by atoms with van der Waals surface area (Å²) in [5.74, 6) is -0.0883. The second-order valence-electron chi connectivity index (χ2n) is 4.08. The molecule has 0 fully saturated rings. The highest BCUT2D eigenvalue weighted by atomic mass is 16.3. The predicted molar refractivity (Wildman–Crippen MR) is 70.6 cm³/mol. The number of benzene rings is 1. The first kappa shape index (κ1) is 12.2. The molecule has 18 heavy (non-hydrogen) atoms. The fourth-order valence-corrected chi connectivity index (χ4v) is 1.75. The molecule has 2 N–H and O–H groups in total. The molecule has 4 heteroatoms. The summed E-state index contributed by atoms with van der Waals surface area (Å²) < 4.78 is 5.05. The van der Waals surface area contributed by atoms with Crippen molar-refractivity contribution >= 4 is 11.6 Å². The van der Waals surface area contributed by atoms with E-state index in [-0.39, 0.29) is 11.9 Å². The Kier molecular flexibility index (Phi) is 3.67. The first-order chi connectivity index (χ1) is 8.70. The maximum Gasteiger partial charge on any atom is 0.251 e. The zero-order valence-electron chi connectivity index (χ0n) is 10.4. The van der Waals surface area contributed by atoms with Crippen LogP contribution in [-0.4, -0.2) is 13.0 Å². The molecule has 0 saturated carbocycles. The molecule has 2 rings (SSSR count). The summed E-state index contributed by atoms with van der Waals surface area (Å²) in [4.78, 5) is 11.5. The molecule has 0 radical (unpaired) electrons. The summed E-state index contributed by atoms with van der Waals surface area (Å²) in [6, 6.07) is 9.45. The fraction of sp³-hybridized carbons (Fsp3) is 0.214. The van der Waals surface area contributed by atoms with Crippen LogP contribution in [0.25, 0.3) is 0 Å². The Bertz CT molecular complexity index is 520. The van der Waals surface area contributed by atoms with Crippen LogP contribution in [0, 0.1) is 0 Å². The van der Waals surface area contributed by atoms with E-state index in [1.165, 1.54) is 0 Å². The lowest BCUT2D eigenvalue weighted by molar-refractivity contribution is 0.0963. The second-order valence-corrected chi connectivity index (χ2v) is 4.08. The summed E-state index contributed by atoms with van der Waals surface area (Å²) in [7, 11) is 1.62. The number of nitrogens with one attached hydrogen (secondary N) is 2. The number of furan rings is 1. The SMILES string of the molecule is CNC(=O)c1cccc(NC(C)c2ccoc2)c1. The molecule has 0 bridgehead atoms. The standard InChI is InChI=1S/C14H16N2O2/c1-10(12-6-7-18-9-12)16-13-5-3-4-11(8-13)14(17)15-2/h3-10,16H,1-2H3,(H,15,17). The van der Waals surface area contributed by atoms with Gasteiger partial charge in [-0.05, 0) is 31.2 Å². The van der Waals surface area contributed by atoms with Crippen molar-refractivity contribution in [2.24, 2.45) is 0 Å². The van der Waals surface area contributed by atoms with Crippen molar-refractivity contribution < 1.29 is 9.21 Å². The Morgan fingerprint density at radius 2 is 2.17 bits per heavy atom. The van der Waals surface area contributed by atoms with Crippen LogP contribution in [0.1, 0.15) is 28.9 Å². The van der Waals surface area contributed by atoms with Gasteiger partial charge in [-0.2, -0.15) is 0 Å². The molecule has 0 aliphatic rings. The molecule has 1 amide bonds. The van der Waals surface area contributed by atoms with Gasteiger partial charge in [-0.3, -0.25) is 4.79 Å². The third-order valence-corrected chi connectivity index (χ3v) is 2.78. The number of carbonyl (C=O) groups is 1. The number of carbonyl (C=O) groups excluding carboxylic acids is 1. The first-order valence-corrected chi connectivity index (χ1v) is 5.81. The van der Waals surface area contributed by atoms with Gasteiger partial charge >= 0.3 is 0 Å². The summed E-state index contributed by atoms with van der Waals surface area (Å²) in [5.41, 5.74) is 2.62. The van der Waals surface area contributed by atoms with Gasteiger partial charge in [-0.1, -0.05) is 6.07 Å². The van der Waals surface area contributed by atoms with E-state index in [9.17, 15) is 4.79 Å². The summed E-state index contributed by atoms with van der Waals surface area (Å²) in [6.07, 6.45) is 3.36. The normalized spacial score (nSPS) is 11.9. The van der Waals surface area contributed by atoms with Crippen LogP contribution in [0.4, 0.5) is 5.69 Å². The van der Waals surface area contributed by atoms with E-state index >= 15 is 0 Å². The second kappa shape index (κ2) is 5.40. The van der Waals surface area contributed by atoms with Crippen molar-refractivity contribution in [1.82, 2.24) is 5.32 Å². The average molecular weight is 244 g/mol. The molecule has 2 aromatic rings. The van der Waals surface area contributed by atoms with Crippen LogP contribution in [0.3, 0.4) is 0 Å². The average Bonchev–Trinajstić information content (AvgIpc) is 2.92. The fourth-order valence-electron chi connectivity index (χ4n) is 1.75. The van der Waals surface area contributed by atoms with Crippen LogP contribution in [-0.2, 0) is 0 Å². The van der Waals surface area contributed by atoms with Gasteiger partial charge in [-0.15, -0.1) is 0 Å². The highest BCUT2D eigenvalue weighted by Gasteiger charge is 2.08. The van der Waals surface area contributed by atoms with E-state index in [0.29, 0.717) is 5.56 Å². The minimum Gasteiger partial charge on any atom is -0.472 e. The Morgan fingerprint density at radius 1 is 1.33 bits per heavy atom. The maximum atomic E-state index is 11.5. The molecule has 1 atom stereocenters. The van der Waals surface area contributed by atoms with E-state index in [0.717, 1.165) is 11.3 Å². The molecule has 1 aromatic carbocycles. The van der Waals surface area contributed by atoms with Crippen molar-refractivity contribution in [3.63, 3.8) is 0 Å². The van der Waals surface area contributed by atoms with Gasteiger partial charge < -0.3 is 15.1 Å². The highest BCUT2D eigenvalue weighted by molar-refractivity contribution is 5.94. The van der Waals surface area contributed by atoms with Crippen LogP contribution >= 0.6 is 0 Å². The minimum absolute atomic E-state index is 0.0883. The number of amides is 1. The summed E-state index contributed by atoms with van der Waals surface area (Å²) >= 11 is 0. The number of anilines is 1. The minimum atomic E-state index is -0.0883. The molecule has 94 valence electrons. The molecule has 0 aliphatic carbocycles. The number of rotatable bonds is 4. The maximum absolute atomic E-state index is 11.5. The quantitative estimate of drug-likeness (QED) is 0.869. The van der Waals surface area contributed by atoms with Crippen molar-refractivity contribution in [3.8, 4) is 0 Å². The molecule has 4 nitrogen and oxygen atoms in total. The van der Waals surface area contributed by atoms with Gasteiger partial charge in [0.15, 0.2) is 0 Å². The van der Waals surface area contributed by atoms with E-state index in [1.54, 1.807) is 25.6 Å². The van der Waals surface area contributed by atoms with Crippen molar-refractivity contribution in [2.75, 3.05) is 12.4 Å². The number of hydrogen-bond acceptors (Lipinski definition) is 3. The molecular weight excluding hydrogens is 228 g/mol. The van der Waals surface area contributed by atoms with Gasteiger partial charge in [-0.25, -0.2) is 0 Å². The molecule has 1 aromatic heterocycles. The van der Waals surface area contributed by atoms with Crippen LogP contribution < -0.4 is 10.6 Å². The van der Waals surface area contributed by atoms with E-state index < -0.39 is 0 Å². The van der Waals surface area contributed by atoms with Gasteiger partial charge in [0.05, 0.1) is 18.6 Å². The van der Waals surface area contributed by atoms with E-state index in [2.05, 4.69) is 10.6 Å². The Hall–Kier alpha value is -2.23. The Morgan fingerprint density at radius 3 is 2.83 bits per heavy atom. The monoisotopic (exact) mass is 244 g/mol. The molecule has 1 unspecified atom stereocenters. The summed E-state index contributed by atoms with van der Waals surface area (Å²) in [6.45, 7) is 2.04. The first-order valence-electron chi connectivity index (χ1n) is 5.81. The predicted octanol–water partition coefficient (Wildman–Crippen LogP) is 2.81. The van der Waals surface area contributed by atoms with Crippen molar-refractivity contribution in [2.45, 2.75) is 13.0 Å². The van der Waals surface area contributed by atoms with Crippen LogP contribution in [0.2, 0.25) is 0 Å². The lowest BCUT2D eigenvalue weighted by atomic mass is 10.1. The lowest BCUT2D eigenvalue weighted by Crippen LogP contribution is -2.18. The molecule has 0 saturated heterocycles. The van der Waals surface area contributed by atoms with Crippen molar-refractivity contribution in [3.05, 3.63) is 54.0 Å². The third kappa shape index (κ3) is 2.71.